The Morgan fingerprint density at radius 3 is 2.39 bits per heavy atom. The Hall–Kier alpha value is -2.15. The van der Waals surface area contributed by atoms with Crippen molar-refractivity contribution in [3.63, 3.8) is 0 Å². The van der Waals surface area contributed by atoms with Gasteiger partial charge in [-0.2, -0.15) is 5.11 Å². The van der Waals surface area contributed by atoms with Crippen LogP contribution in [0.25, 0.3) is 0 Å². The highest BCUT2D eigenvalue weighted by Crippen LogP contribution is 2.33. The minimum absolute atomic E-state index is 0. The third-order valence-corrected chi connectivity index (χ3v) is 4.57. The van der Waals surface area contributed by atoms with Gasteiger partial charge in [-0.1, -0.05) is 25.4 Å². The lowest BCUT2D eigenvalue weighted by Gasteiger charge is -2.17. The third kappa shape index (κ3) is 6.78. The van der Waals surface area contributed by atoms with Crippen LogP contribution in [0, 0.1) is 6.92 Å². The van der Waals surface area contributed by atoms with E-state index in [1.807, 2.05) is 0 Å². The Morgan fingerprint density at radius 1 is 1.14 bits per heavy atom. The van der Waals surface area contributed by atoms with Crippen LogP contribution in [-0.4, -0.2) is 42.2 Å². The summed E-state index contributed by atoms with van der Waals surface area (Å²) < 4.78 is 5.29. The molecule has 0 spiro atoms. The van der Waals surface area contributed by atoms with Crippen molar-refractivity contribution in [3.05, 3.63) is 52.5 Å². The van der Waals surface area contributed by atoms with E-state index in [0.29, 0.717) is 29.4 Å². The van der Waals surface area contributed by atoms with Crippen LogP contribution in [0.2, 0.25) is 5.02 Å². The molecule has 0 saturated carbocycles. The monoisotopic (exact) mass is 425 g/mol. The van der Waals surface area contributed by atoms with Gasteiger partial charge in [-0.25, -0.2) is 4.79 Å². The number of phenols is 1. The van der Waals surface area contributed by atoms with Crippen LogP contribution in [0.5, 0.6) is 5.75 Å². The van der Waals surface area contributed by atoms with Crippen LogP contribution in [-0.2, 0) is 4.74 Å². The predicted molar refractivity (Wildman–Crippen MR) is 114 cm³/mol. The third-order valence-electron chi connectivity index (χ3n) is 4.17. The lowest BCUT2D eigenvalue weighted by molar-refractivity contribution is 0.0466. The zero-order valence-electron chi connectivity index (χ0n) is 16.2. The van der Waals surface area contributed by atoms with Crippen molar-refractivity contribution < 1.29 is 14.6 Å². The minimum atomic E-state index is -0.367. The highest BCUT2D eigenvalue weighted by Gasteiger charge is 2.08. The summed E-state index contributed by atoms with van der Waals surface area (Å²) in [5.74, 6) is -0.359. The van der Waals surface area contributed by atoms with Crippen molar-refractivity contribution in [1.29, 1.82) is 0 Å². The number of hydrogen-bond donors (Lipinski definition) is 1. The first-order chi connectivity index (χ1) is 12.9. The van der Waals surface area contributed by atoms with Gasteiger partial charge in [0.1, 0.15) is 18.0 Å². The molecule has 8 heteroatoms. The lowest BCUT2D eigenvalue weighted by atomic mass is 10.2. The SMILES string of the molecule is CCN(CC)CCOC(=O)c1ccc(N=Nc2cc(Cl)c(C)cc2O)cc1.Cl. The standard InChI is InChI=1S/C20H24ClN3O3.ClH/c1-4-24(5-2)10-11-27-20(26)15-6-8-16(9-7-15)22-23-18-13-17(21)14(3)12-19(18)25;/h6-9,12-13,25H,4-5,10-11H2,1-3H3;1H. The summed E-state index contributed by atoms with van der Waals surface area (Å²) in [6.07, 6.45) is 0. The van der Waals surface area contributed by atoms with Gasteiger partial charge in [-0.05, 0) is 62.0 Å². The van der Waals surface area contributed by atoms with Gasteiger partial charge < -0.3 is 14.7 Å². The van der Waals surface area contributed by atoms with Crippen LogP contribution in [0.3, 0.4) is 0 Å². The number of benzene rings is 2. The molecular weight excluding hydrogens is 401 g/mol. The number of likely N-dealkylation sites (N-methyl/N-ethyl adjacent to an activating group) is 1. The molecule has 6 nitrogen and oxygen atoms in total. The number of phenolic OH excluding ortho intramolecular Hbond substituents is 1. The van der Waals surface area contributed by atoms with E-state index in [9.17, 15) is 9.90 Å². The quantitative estimate of drug-likeness (QED) is 0.435. The van der Waals surface area contributed by atoms with Crippen molar-refractivity contribution in [3.8, 4) is 5.75 Å². The molecule has 0 aliphatic carbocycles. The van der Waals surface area contributed by atoms with Gasteiger partial charge in [0.05, 0.1) is 11.3 Å². The van der Waals surface area contributed by atoms with E-state index in [0.717, 1.165) is 18.7 Å². The average molecular weight is 426 g/mol. The predicted octanol–water partition coefficient (Wildman–Crippen LogP) is 5.69. The highest BCUT2D eigenvalue weighted by molar-refractivity contribution is 6.31. The fourth-order valence-electron chi connectivity index (χ4n) is 2.40. The minimum Gasteiger partial charge on any atom is -0.506 e. The van der Waals surface area contributed by atoms with Crippen molar-refractivity contribution in [2.75, 3.05) is 26.2 Å². The Labute approximate surface area is 176 Å². The molecule has 0 aliphatic rings. The molecule has 28 heavy (non-hydrogen) atoms. The fraction of sp³-hybridized carbons (Fsp3) is 0.350. The van der Waals surface area contributed by atoms with E-state index in [2.05, 4.69) is 29.0 Å². The van der Waals surface area contributed by atoms with Crippen LogP contribution in [0.1, 0.15) is 29.8 Å². The second-order valence-electron chi connectivity index (χ2n) is 6.00. The highest BCUT2D eigenvalue weighted by atomic mass is 35.5. The Morgan fingerprint density at radius 2 is 1.79 bits per heavy atom. The van der Waals surface area contributed by atoms with Gasteiger partial charge in [-0.3, -0.25) is 0 Å². The van der Waals surface area contributed by atoms with Gasteiger partial charge in [0.2, 0.25) is 0 Å². The number of ether oxygens (including phenoxy) is 1. The first kappa shape index (κ1) is 23.9. The average Bonchev–Trinajstić information content (AvgIpc) is 2.67. The van der Waals surface area contributed by atoms with Crippen LogP contribution >= 0.6 is 24.0 Å². The first-order valence-corrected chi connectivity index (χ1v) is 9.22. The molecule has 0 amide bonds. The summed E-state index contributed by atoms with van der Waals surface area (Å²) in [6.45, 7) is 8.86. The Kier molecular flexibility index (Phi) is 9.93. The maximum Gasteiger partial charge on any atom is 0.338 e. The van der Waals surface area contributed by atoms with Crippen LogP contribution < -0.4 is 0 Å². The van der Waals surface area contributed by atoms with Crippen LogP contribution in [0.4, 0.5) is 11.4 Å². The lowest BCUT2D eigenvalue weighted by Crippen LogP contribution is -2.27. The summed E-state index contributed by atoms with van der Waals surface area (Å²) in [5, 5.41) is 18.5. The number of carbonyl (C=O) groups is 1. The Bertz CT molecular complexity index is 807. The molecule has 0 heterocycles. The molecule has 0 bridgehead atoms. The Balaban J connectivity index is 0.00000392. The number of aryl methyl sites for hydroxylation is 1. The summed E-state index contributed by atoms with van der Waals surface area (Å²) in [5.41, 5.74) is 2.04. The molecule has 2 aromatic carbocycles. The van der Waals surface area contributed by atoms with Crippen molar-refractivity contribution >= 4 is 41.4 Å². The number of halogens is 2. The summed E-state index contributed by atoms with van der Waals surface area (Å²) >= 11 is 6.04. The van der Waals surface area contributed by atoms with Crippen molar-refractivity contribution in [2.24, 2.45) is 10.2 Å². The van der Waals surface area contributed by atoms with Gasteiger partial charge >= 0.3 is 5.97 Å². The molecule has 0 atom stereocenters. The zero-order chi connectivity index (χ0) is 19.8. The number of esters is 1. The number of carbonyl (C=O) groups excluding carboxylic acids is 1. The number of rotatable bonds is 8. The van der Waals surface area contributed by atoms with E-state index >= 15 is 0 Å². The molecule has 0 aromatic heterocycles. The van der Waals surface area contributed by atoms with E-state index in [4.69, 9.17) is 16.3 Å². The molecule has 0 saturated heterocycles. The molecule has 0 radical (unpaired) electrons. The van der Waals surface area contributed by atoms with Crippen molar-refractivity contribution in [2.45, 2.75) is 20.8 Å². The molecular formula is C20H25Cl2N3O3. The topological polar surface area (TPSA) is 74.5 Å². The van der Waals surface area contributed by atoms with Crippen molar-refractivity contribution in [1.82, 2.24) is 4.90 Å². The van der Waals surface area contributed by atoms with Gasteiger partial charge in [0.15, 0.2) is 0 Å². The molecule has 0 aliphatic heterocycles. The summed E-state index contributed by atoms with van der Waals surface area (Å²) in [6, 6.07) is 9.69. The summed E-state index contributed by atoms with van der Waals surface area (Å²) in [7, 11) is 0. The second-order valence-corrected chi connectivity index (χ2v) is 6.41. The second kappa shape index (κ2) is 11.6. The normalized spacial score (nSPS) is 10.9. The number of hydrogen-bond acceptors (Lipinski definition) is 6. The van der Waals surface area contributed by atoms with E-state index in [1.165, 1.54) is 6.07 Å². The number of aromatic hydroxyl groups is 1. The molecule has 0 unspecified atom stereocenters. The molecule has 2 aromatic rings. The fourth-order valence-corrected chi connectivity index (χ4v) is 2.56. The number of azo groups is 1. The smallest absolute Gasteiger partial charge is 0.338 e. The van der Waals surface area contributed by atoms with E-state index < -0.39 is 0 Å². The summed E-state index contributed by atoms with van der Waals surface area (Å²) in [4.78, 5) is 14.2. The van der Waals surface area contributed by atoms with E-state index in [-0.39, 0.29) is 29.8 Å². The molecule has 2 rings (SSSR count). The van der Waals surface area contributed by atoms with Gasteiger partial charge in [0, 0.05) is 11.6 Å². The first-order valence-electron chi connectivity index (χ1n) is 8.85. The zero-order valence-corrected chi connectivity index (χ0v) is 17.8. The van der Waals surface area contributed by atoms with E-state index in [1.54, 1.807) is 37.3 Å². The maximum absolute atomic E-state index is 12.1. The van der Waals surface area contributed by atoms with Gasteiger partial charge in [-0.15, -0.1) is 17.5 Å². The van der Waals surface area contributed by atoms with Crippen LogP contribution in [0.15, 0.2) is 46.6 Å². The maximum atomic E-state index is 12.1. The molecule has 1 N–H and O–H groups in total. The molecule has 0 fully saturated rings. The number of nitrogens with zero attached hydrogens (tertiary/aromatic N) is 3. The van der Waals surface area contributed by atoms with Gasteiger partial charge in [0.25, 0.3) is 0 Å². The molecule has 152 valence electrons. The largest absolute Gasteiger partial charge is 0.506 e.